The molecule has 1 aromatic heterocycles. The Morgan fingerprint density at radius 3 is 2.74 bits per heavy atom. The highest BCUT2D eigenvalue weighted by Gasteiger charge is 2.41. The van der Waals surface area contributed by atoms with Gasteiger partial charge in [0.2, 0.25) is 0 Å². The van der Waals surface area contributed by atoms with Crippen LogP contribution in [0.4, 0.5) is 0 Å². The summed E-state index contributed by atoms with van der Waals surface area (Å²) in [5.74, 6) is 1.72. The van der Waals surface area contributed by atoms with Crippen LogP contribution in [0.1, 0.15) is 72.1 Å². The van der Waals surface area contributed by atoms with Gasteiger partial charge in [0.1, 0.15) is 17.4 Å². The number of nitrogens with zero attached hydrogens (tertiary/aromatic N) is 4. The maximum atomic E-state index is 13.3. The third-order valence-electron chi connectivity index (χ3n) is 9.40. The molecule has 3 aromatic carbocycles. The average molecular weight is 599 g/mol. The second kappa shape index (κ2) is 11.6. The van der Waals surface area contributed by atoms with Crippen molar-refractivity contribution < 1.29 is 14.3 Å². The van der Waals surface area contributed by atoms with Crippen molar-refractivity contribution in [1.82, 2.24) is 19.9 Å². The number of esters is 1. The number of carbonyl (C=O) groups excluding carboxylic acids is 1. The van der Waals surface area contributed by atoms with Crippen LogP contribution in [0.25, 0.3) is 11.0 Å². The van der Waals surface area contributed by atoms with E-state index in [9.17, 15) is 4.79 Å². The fraction of sp³-hybridized carbons (Fsp3) is 0.457. The van der Waals surface area contributed by atoms with Crippen LogP contribution in [-0.2, 0) is 36.1 Å². The van der Waals surface area contributed by atoms with E-state index in [1.54, 1.807) is 4.68 Å². The standard InChI is InChI=1S/C35H42N4O3S/c1-8-27-20-39(19-26-15-23-13-14-43-31(23)17-30(26)42-27)18-25-16-24(10-9-21(25)2)32(35(4,5)34(40)41-7)28-11-12-29-33(22(28)3)36-37-38(29)6/h9-12,15-17,27,32H,8,13-14,18-20H2,1-7H3/t27-,32?/m1/s1. The number of hydrogen-bond acceptors (Lipinski definition) is 7. The van der Waals surface area contributed by atoms with Crippen molar-refractivity contribution in [2.24, 2.45) is 12.5 Å². The molecule has 0 saturated heterocycles. The molecule has 2 aliphatic rings. The summed E-state index contributed by atoms with van der Waals surface area (Å²) in [6.45, 7) is 13.0. The van der Waals surface area contributed by atoms with Crippen LogP contribution in [0.3, 0.4) is 0 Å². The van der Waals surface area contributed by atoms with Gasteiger partial charge in [-0.1, -0.05) is 36.4 Å². The van der Waals surface area contributed by atoms with E-state index in [1.807, 2.05) is 32.7 Å². The normalized spacial score (nSPS) is 17.7. The summed E-state index contributed by atoms with van der Waals surface area (Å²) in [5.41, 5.74) is 9.43. The number of hydrogen-bond donors (Lipinski definition) is 0. The second-order valence-corrected chi connectivity index (χ2v) is 13.8. The number of carbonyl (C=O) groups is 1. The lowest BCUT2D eigenvalue weighted by atomic mass is 9.69. The summed E-state index contributed by atoms with van der Waals surface area (Å²) in [6.07, 6.45) is 2.23. The molecule has 0 radical (unpaired) electrons. The summed E-state index contributed by atoms with van der Waals surface area (Å²) in [7, 11) is 3.37. The molecule has 0 aliphatic carbocycles. The van der Waals surface area contributed by atoms with Crippen molar-refractivity contribution in [3.05, 3.63) is 81.4 Å². The van der Waals surface area contributed by atoms with E-state index >= 15 is 0 Å². The first-order chi connectivity index (χ1) is 20.6. The van der Waals surface area contributed by atoms with Crippen molar-refractivity contribution in [3.8, 4) is 5.75 Å². The van der Waals surface area contributed by atoms with Gasteiger partial charge in [0.15, 0.2) is 0 Å². The van der Waals surface area contributed by atoms with Crippen molar-refractivity contribution >= 4 is 28.8 Å². The Morgan fingerprint density at radius 1 is 1.16 bits per heavy atom. The minimum atomic E-state index is -0.816. The molecule has 1 unspecified atom stereocenters. The topological polar surface area (TPSA) is 69.5 Å². The van der Waals surface area contributed by atoms with Gasteiger partial charge in [-0.15, -0.1) is 16.9 Å². The quantitative estimate of drug-likeness (QED) is 0.218. The molecule has 3 heterocycles. The van der Waals surface area contributed by atoms with Crippen molar-refractivity contribution in [2.45, 2.75) is 77.5 Å². The van der Waals surface area contributed by atoms with E-state index in [2.05, 4.69) is 78.4 Å². The number of rotatable bonds is 7. The number of aryl methyl sites for hydroxylation is 4. The Balaban J connectivity index is 1.39. The summed E-state index contributed by atoms with van der Waals surface area (Å²) in [4.78, 5) is 17.2. The molecule has 226 valence electrons. The van der Waals surface area contributed by atoms with Crippen LogP contribution >= 0.6 is 11.8 Å². The lowest BCUT2D eigenvalue weighted by molar-refractivity contribution is -0.151. The van der Waals surface area contributed by atoms with Gasteiger partial charge in [0.25, 0.3) is 0 Å². The summed E-state index contributed by atoms with van der Waals surface area (Å²) in [5, 5.41) is 8.70. The number of methoxy groups -OCH3 is 1. The highest BCUT2D eigenvalue weighted by Crippen LogP contribution is 2.45. The molecular weight excluding hydrogens is 556 g/mol. The Bertz CT molecular complexity index is 1690. The van der Waals surface area contributed by atoms with E-state index in [-0.39, 0.29) is 18.0 Å². The first-order valence-corrected chi connectivity index (χ1v) is 16.2. The molecule has 0 amide bonds. The smallest absolute Gasteiger partial charge is 0.312 e. The van der Waals surface area contributed by atoms with Gasteiger partial charge in [-0.05, 0) is 92.1 Å². The van der Waals surface area contributed by atoms with Crippen LogP contribution in [-0.4, -0.2) is 51.4 Å². The van der Waals surface area contributed by atoms with Crippen LogP contribution in [0.2, 0.25) is 0 Å². The van der Waals surface area contributed by atoms with Crippen LogP contribution in [0.5, 0.6) is 5.75 Å². The van der Waals surface area contributed by atoms with Crippen LogP contribution in [0.15, 0.2) is 47.4 Å². The van der Waals surface area contributed by atoms with Gasteiger partial charge in [-0.2, -0.15) is 0 Å². The maximum absolute atomic E-state index is 13.3. The number of aromatic nitrogens is 3. The summed E-state index contributed by atoms with van der Waals surface area (Å²) >= 11 is 1.94. The Morgan fingerprint density at radius 2 is 1.98 bits per heavy atom. The third kappa shape index (κ3) is 5.44. The van der Waals surface area contributed by atoms with Gasteiger partial charge >= 0.3 is 5.97 Å². The molecule has 0 bridgehead atoms. The Labute approximate surface area is 258 Å². The van der Waals surface area contributed by atoms with Crippen molar-refractivity contribution in [1.29, 1.82) is 0 Å². The fourth-order valence-corrected chi connectivity index (χ4v) is 7.92. The average Bonchev–Trinajstić information content (AvgIpc) is 3.56. The molecule has 6 rings (SSSR count). The van der Waals surface area contributed by atoms with E-state index in [4.69, 9.17) is 9.47 Å². The molecule has 7 nitrogen and oxygen atoms in total. The van der Waals surface area contributed by atoms with Crippen LogP contribution < -0.4 is 4.74 Å². The third-order valence-corrected chi connectivity index (χ3v) is 10.5. The predicted molar refractivity (Wildman–Crippen MR) is 172 cm³/mol. The zero-order chi connectivity index (χ0) is 30.5. The van der Waals surface area contributed by atoms with E-state index < -0.39 is 5.41 Å². The zero-order valence-electron chi connectivity index (χ0n) is 26.4. The largest absolute Gasteiger partial charge is 0.489 e. The first kappa shape index (κ1) is 29.7. The molecular formula is C35H42N4O3S. The molecule has 0 spiro atoms. The van der Waals surface area contributed by atoms with E-state index in [0.29, 0.717) is 0 Å². The molecule has 4 aromatic rings. The molecule has 0 saturated carbocycles. The van der Waals surface area contributed by atoms with Gasteiger partial charge in [0, 0.05) is 48.8 Å². The van der Waals surface area contributed by atoms with Gasteiger partial charge < -0.3 is 9.47 Å². The van der Waals surface area contributed by atoms with E-state index in [1.165, 1.54) is 34.3 Å². The molecule has 2 aliphatic heterocycles. The highest BCUT2D eigenvalue weighted by atomic mass is 32.2. The van der Waals surface area contributed by atoms with Crippen molar-refractivity contribution in [3.63, 3.8) is 0 Å². The predicted octanol–water partition coefficient (Wildman–Crippen LogP) is 6.74. The van der Waals surface area contributed by atoms with Crippen molar-refractivity contribution in [2.75, 3.05) is 19.4 Å². The van der Waals surface area contributed by atoms with Crippen LogP contribution in [0, 0.1) is 19.3 Å². The minimum absolute atomic E-state index is 0.140. The van der Waals surface area contributed by atoms with E-state index in [0.717, 1.165) is 71.7 Å². The summed E-state index contributed by atoms with van der Waals surface area (Å²) in [6, 6.07) is 15.5. The second-order valence-electron chi connectivity index (χ2n) is 12.7. The first-order valence-electron chi connectivity index (χ1n) is 15.2. The number of ether oxygens (including phenoxy) is 2. The maximum Gasteiger partial charge on any atom is 0.312 e. The van der Waals surface area contributed by atoms with Gasteiger partial charge in [-0.3, -0.25) is 9.69 Å². The lowest BCUT2D eigenvalue weighted by Crippen LogP contribution is -2.34. The monoisotopic (exact) mass is 598 g/mol. The SMILES string of the molecule is CC[C@@H]1CN(Cc2cc(C(c3ccc4c(nnn4C)c3C)C(C)(C)C(=O)OC)ccc2C)Cc2cc3c(cc2O1)SCC3. The molecule has 0 fully saturated rings. The number of thioether (sulfide) groups is 1. The highest BCUT2D eigenvalue weighted by molar-refractivity contribution is 7.99. The molecule has 8 heteroatoms. The Kier molecular flexibility index (Phi) is 8.03. The Hall–Kier alpha value is -3.36. The molecule has 0 N–H and O–H groups in total. The number of benzene rings is 3. The van der Waals surface area contributed by atoms with Gasteiger partial charge in [0.05, 0.1) is 18.0 Å². The zero-order valence-corrected chi connectivity index (χ0v) is 27.2. The molecule has 2 atom stereocenters. The lowest BCUT2D eigenvalue weighted by Gasteiger charge is -2.34. The van der Waals surface area contributed by atoms with Gasteiger partial charge in [-0.25, -0.2) is 4.68 Å². The fourth-order valence-electron chi connectivity index (χ4n) is 6.84. The minimum Gasteiger partial charge on any atom is -0.489 e. The number of fused-ring (bicyclic) bond motifs is 3. The summed E-state index contributed by atoms with van der Waals surface area (Å²) < 4.78 is 13.7. The molecule has 43 heavy (non-hydrogen) atoms.